The largest absolute Gasteiger partial charge is 0.497 e. The molecule has 0 bridgehead atoms. The number of piperazine rings is 1. The maximum atomic E-state index is 13.0. The number of benzene rings is 1. The number of aryl methyl sites for hydroxylation is 1. The third-order valence-electron chi connectivity index (χ3n) is 4.94. The number of aromatic nitrogens is 2. The summed E-state index contributed by atoms with van der Waals surface area (Å²) in [6.07, 6.45) is 0. The minimum Gasteiger partial charge on any atom is -0.497 e. The van der Waals surface area contributed by atoms with Gasteiger partial charge in [0.2, 0.25) is 10.0 Å². The fourth-order valence-corrected chi connectivity index (χ4v) is 5.24. The zero-order valence-electron chi connectivity index (χ0n) is 16.1. The average Bonchev–Trinajstić information content (AvgIpc) is 2.98. The molecular formula is C18H24F2N4O3S. The van der Waals surface area contributed by atoms with Crippen LogP contribution in [0, 0.1) is 13.8 Å². The van der Waals surface area contributed by atoms with Crippen molar-refractivity contribution in [3.8, 4) is 5.75 Å². The highest BCUT2D eigenvalue weighted by molar-refractivity contribution is 7.89. The van der Waals surface area contributed by atoms with E-state index in [4.69, 9.17) is 4.74 Å². The summed E-state index contributed by atoms with van der Waals surface area (Å²) in [4.78, 5) is 2.05. The van der Waals surface area contributed by atoms with Gasteiger partial charge in [0.05, 0.1) is 18.5 Å². The van der Waals surface area contributed by atoms with Crippen molar-refractivity contribution in [2.45, 2.75) is 31.8 Å². The predicted octanol–water partition coefficient (Wildman–Crippen LogP) is 2.41. The first kappa shape index (κ1) is 20.7. The van der Waals surface area contributed by atoms with Crippen LogP contribution in [-0.4, -0.2) is 60.7 Å². The van der Waals surface area contributed by atoms with Crippen molar-refractivity contribution < 1.29 is 21.9 Å². The van der Waals surface area contributed by atoms with Gasteiger partial charge in [-0.3, -0.25) is 4.90 Å². The second kappa shape index (κ2) is 8.14. The van der Waals surface area contributed by atoms with Gasteiger partial charge < -0.3 is 4.74 Å². The van der Waals surface area contributed by atoms with Crippen molar-refractivity contribution in [1.29, 1.82) is 0 Å². The molecule has 1 fully saturated rings. The number of ether oxygens (including phenoxy) is 1. The van der Waals surface area contributed by atoms with Crippen LogP contribution >= 0.6 is 0 Å². The Labute approximate surface area is 163 Å². The van der Waals surface area contributed by atoms with Gasteiger partial charge in [-0.05, 0) is 31.5 Å². The van der Waals surface area contributed by atoms with E-state index in [-0.39, 0.29) is 16.3 Å². The van der Waals surface area contributed by atoms with Gasteiger partial charge in [-0.1, -0.05) is 12.1 Å². The molecule has 0 amide bonds. The standard InChI is InChI=1S/C18H24F2N4O3S/c1-13-17(14(2)24(21-13)18(19)20)28(25,26)23-10-8-22(9-11-23)12-15-4-6-16(27-3)7-5-15/h4-7,18H,8-12H2,1-3H3. The first-order valence-electron chi connectivity index (χ1n) is 8.93. The summed E-state index contributed by atoms with van der Waals surface area (Å²) >= 11 is 0. The zero-order valence-corrected chi connectivity index (χ0v) is 16.9. The van der Waals surface area contributed by atoms with Gasteiger partial charge in [0, 0.05) is 32.7 Å². The van der Waals surface area contributed by atoms with E-state index in [1.807, 2.05) is 24.3 Å². The second-order valence-electron chi connectivity index (χ2n) is 6.75. The smallest absolute Gasteiger partial charge is 0.333 e. The first-order valence-corrected chi connectivity index (χ1v) is 10.4. The fourth-order valence-electron chi connectivity index (χ4n) is 3.46. The summed E-state index contributed by atoms with van der Waals surface area (Å²) < 4.78 is 59.0. The molecule has 0 unspecified atom stereocenters. The normalized spacial score (nSPS) is 16.6. The lowest BCUT2D eigenvalue weighted by Gasteiger charge is -2.34. The molecule has 2 aromatic rings. The highest BCUT2D eigenvalue weighted by Crippen LogP contribution is 2.27. The van der Waals surface area contributed by atoms with E-state index in [0.717, 1.165) is 11.3 Å². The zero-order chi connectivity index (χ0) is 20.5. The summed E-state index contributed by atoms with van der Waals surface area (Å²) in [5.41, 5.74) is 1.17. The molecule has 2 heterocycles. The summed E-state index contributed by atoms with van der Waals surface area (Å²) in [7, 11) is -2.25. The van der Waals surface area contributed by atoms with Crippen LogP contribution in [-0.2, 0) is 16.6 Å². The van der Waals surface area contributed by atoms with E-state index in [0.29, 0.717) is 37.4 Å². The Morgan fingerprint density at radius 2 is 1.71 bits per heavy atom. The molecule has 1 aliphatic rings. The maximum Gasteiger partial charge on any atom is 0.333 e. The molecule has 7 nitrogen and oxygen atoms in total. The molecule has 1 aromatic heterocycles. The van der Waals surface area contributed by atoms with Gasteiger partial charge in [-0.25, -0.2) is 13.1 Å². The summed E-state index contributed by atoms with van der Waals surface area (Å²) in [6.45, 7) is 2.37. The third kappa shape index (κ3) is 4.03. The average molecular weight is 414 g/mol. The third-order valence-corrected chi connectivity index (χ3v) is 7.09. The van der Waals surface area contributed by atoms with Crippen LogP contribution in [0.25, 0.3) is 0 Å². The molecule has 1 saturated heterocycles. The predicted molar refractivity (Wildman–Crippen MR) is 100.0 cm³/mol. The number of hydrogen-bond acceptors (Lipinski definition) is 5. The highest BCUT2D eigenvalue weighted by Gasteiger charge is 2.34. The Morgan fingerprint density at radius 1 is 1.11 bits per heavy atom. The lowest BCUT2D eigenvalue weighted by Crippen LogP contribution is -2.48. The molecule has 0 N–H and O–H groups in total. The first-order chi connectivity index (χ1) is 13.2. The van der Waals surface area contributed by atoms with Crippen molar-refractivity contribution in [3.63, 3.8) is 0 Å². The van der Waals surface area contributed by atoms with Crippen LogP contribution in [0.5, 0.6) is 5.75 Å². The van der Waals surface area contributed by atoms with E-state index in [1.165, 1.54) is 18.2 Å². The number of alkyl halides is 2. The van der Waals surface area contributed by atoms with Gasteiger partial charge in [0.25, 0.3) is 0 Å². The van der Waals surface area contributed by atoms with Gasteiger partial charge >= 0.3 is 6.55 Å². The van der Waals surface area contributed by atoms with Crippen molar-refractivity contribution in [2.24, 2.45) is 0 Å². The van der Waals surface area contributed by atoms with Crippen LogP contribution in [0.3, 0.4) is 0 Å². The summed E-state index contributed by atoms with van der Waals surface area (Å²) in [5, 5.41) is 3.70. The molecule has 0 spiro atoms. The Balaban J connectivity index is 1.68. The molecule has 0 radical (unpaired) electrons. The Hall–Kier alpha value is -2.04. The molecule has 0 aliphatic carbocycles. The topological polar surface area (TPSA) is 67.7 Å². The molecular weight excluding hydrogens is 390 g/mol. The lowest BCUT2D eigenvalue weighted by atomic mass is 10.2. The van der Waals surface area contributed by atoms with E-state index < -0.39 is 16.6 Å². The number of nitrogens with zero attached hydrogens (tertiary/aromatic N) is 4. The number of hydrogen-bond donors (Lipinski definition) is 0. The van der Waals surface area contributed by atoms with Gasteiger partial charge in [0.15, 0.2) is 0 Å². The molecule has 28 heavy (non-hydrogen) atoms. The Bertz CT molecular complexity index is 921. The minimum absolute atomic E-state index is 0.0341. The van der Waals surface area contributed by atoms with Gasteiger partial charge in [-0.2, -0.15) is 18.2 Å². The van der Waals surface area contributed by atoms with Crippen LogP contribution in [0.1, 0.15) is 23.5 Å². The maximum absolute atomic E-state index is 13.0. The summed E-state index contributed by atoms with van der Waals surface area (Å²) in [5.74, 6) is 0.787. The SMILES string of the molecule is COc1ccc(CN2CCN(S(=O)(=O)c3c(C)nn(C(F)F)c3C)CC2)cc1. The second-order valence-corrected chi connectivity index (χ2v) is 8.63. The van der Waals surface area contributed by atoms with E-state index in [9.17, 15) is 17.2 Å². The minimum atomic E-state index is -3.87. The number of rotatable bonds is 6. The van der Waals surface area contributed by atoms with Crippen molar-refractivity contribution in [2.75, 3.05) is 33.3 Å². The highest BCUT2D eigenvalue weighted by atomic mass is 32.2. The molecule has 0 atom stereocenters. The molecule has 154 valence electrons. The Kier molecular flexibility index (Phi) is 6.01. The van der Waals surface area contributed by atoms with Crippen molar-refractivity contribution in [3.05, 3.63) is 41.2 Å². The van der Waals surface area contributed by atoms with Crippen molar-refractivity contribution >= 4 is 10.0 Å². The molecule has 3 rings (SSSR count). The van der Waals surface area contributed by atoms with E-state index >= 15 is 0 Å². The van der Waals surface area contributed by atoms with Crippen LogP contribution in [0.15, 0.2) is 29.2 Å². The quantitative estimate of drug-likeness (QED) is 0.726. The fraction of sp³-hybridized carbons (Fsp3) is 0.500. The lowest BCUT2D eigenvalue weighted by molar-refractivity contribution is 0.0538. The van der Waals surface area contributed by atoms with E-state index in [2.05, 4.69) is 10.00 Å². The number of halogens is 2. The van der Waals surface area contributed by atoms with Crippen LogP contribution in [0.4, 0.5) is 8.78 Å². The van der Waals surface area contributed by atoms with Crippen LogP contribution < -0.4 is 4.74 Å². The van der Waals surface area contributed by atoms with Crippen molar-refractivity contribution in [1.82, 2.24) is 19.0 Å². The molecule has 1 aromatic carbocycles. The molecule has 10 heteroatoms. The number of methoxy groups -OCH3 is 1. The van der Waals surface area contributed by atoms with E-state index in [1.54, 1.807) is 7.11 Å². The molecule has 0 saturated carbocycles. The monoisotopic (exact) mass is 414 g/mol. The van der Waals surface area contributed by atoms with Crippen LogP contribution in [0.2, 0.25) is 0 Å². The molecule has 1 aliphatic heterocycles. The summed E-state index contributed by atoms with van der Waals surface area (Å²) in [6, 6.07) is 7.74. The Morgan fingerprint density at radius 3 is 2.21 bits per heavy atom. The van der Waals surface area contributed by atoms with Gasteiger partial charge in [0.1, 0.15) is 10.6 Å². The van der Waals surface area contributed by atoms with Gasteiger partial charge in [-0.15, -0.1) is 0 Å². The number of sulfonamides is 1.